The van der Waals surface area contributed by atoms with Crippen molar-refractivity contribution in [3.63, 3.8) is 0 Å². The molecule has 1 aromatic carbocycles. The molecule has 0 aliphatic rings. The van der Waals surface area contributed by atoms with Gasteiger partial charge in [-0.1, -0.05) is 0 Å². The Morgan fingerprint density at radius 2 is 1.85 bits per heavy atom. The average Bonchev–Trinajstić information content (AvgIpc) is 2.57. The molecule has 0 unspecified atom stereocenters. The van der Waals surface area contributed by atoms with E-state index in [1.165, 1.54) is 0 Å². The van der Waals surface area contributed by atoms with Crippen molar-refractivity contribution >= 4 is 17.6 Å². The molecule has 0 saturated carbocycles. The topological polar surface area (TPSA) is 77.4 Å². The van der Waals surface area contributed by atoms with E-state index in [2.05, 4.69) is 4.74 Å². The first-order valence-corrected chi connectivity index (χ1v) is 7.18. The molecule has 6 nitrogen and oxygen atoms in total. The van der Waals surface area contributed by atoms with Crippen molar-refractivity contribution in [2.45, 2.75) is 12.7 Å². The molecule has 0 aliphatic heterocycles. The molecule has 0 spiro atoms. The number of nitrogens with one attached hydrogen (secondary N) is 1. The minimum atomic E-state index is -4.91. The van der Waals surface area contributed by atoms with Crippen LogP contribution in [0.15, 0.2) is 35.3 Å². The van der Waals surface area contributed by atoms with Crippen LogP contribution >= 0.6 is 0 Å². The van der Waals surface area contributed by atoms with Gasteiger partial charge in [-0.05, 0) is 18.2 Å². The molecule has 1 amide bonds. The van der Waals surface area contributed by atoms with E-state index >= 15 is 0 Å². The lowest BCUT2D eigenvalue weighted by Gasteiger charge is -2.12. The number of rotatable bonds is 4. The number of pyridine rings is 1. The van der Waals surface area contributed by atoms with E-state index in [9.17, 15) is 36.3 Å². The van der Waals surface area contributed by atoms with Crippen molar-refractivity contribution in [1.29, 1.82) is 0 Å². The van der Waals surface area contributed by atoms with Gasteiger partial charge in [0.25, 0.3) is 5.56 Å². The van der Waals surface area contributed by atoms with Crippen LogP contribution in [0.5, 0.6) is 0 Å². The van der Waals surface area contributed by atoms with Gasteiger partial charge in [0, 0.05) is 12.3 Å². The SMILES string of the molecule is COC(=O)c1cc(NC(=O)Cn2cccc(C(F)(F)F)c2=O)c(F)cc1F. The highest BCUT2D eigenvalue weighted by molar-refractivity contribution is 5.94. The van der Waals surface area contributed by atoms with Crippen molar-refractivity contribution in [2.24, 2.45) is 0 Å². The van der Waals surface area contributed by atoms with Gasteiger partial charge in [0.05, 0.1) is 18.4 Å². The predicted octanol–water partition coefficient (Wildman–Crippen LogP) is 2.57. The first-order chi connectivity index (χ1) is 12.5. The smallest absolute Gasteiger partial charge is 0.421 e. The fraction of sp³-hybridized carbons (Fsp3) is 0.188. The third-order valence-corrected chi connectivity index (χ3v) is 3.38. The third kappa shape index (κ3) is 4.49. The molecule has 0 aliphatic carbocycles. The molecule has 27 heavy (non-hydrogen) atoms. The first-order valence-electron chi connectivity index (χ1n) is 7.18. The van der Waals surface area contributed by atoms with E-state index < -0.39 is 58.6 Å². The van der Waals surface area contributed by atoms with Crippen LogP contribution in [0.1, 0.15) is 15.9 Å². The van der Waals surface area contributed by atoms with Gasteiger partial charge in [0.15, 0.2) is 0 Å². The molecule has 1 heterocycles. The summed E-state index contributed by atoms with van der Waals surface area (Å²) in [4.78, 5) is 35.1. The summed E-state index contributed by atoms with van der Waals surface area (Å²) in [6.07, 6.45) is -3.97. The number of esters is 1. The van der Waals surface area contributed by atoms with Crippen LogP contribution in [-0.4, -0.2) is 23.6 Å². The van der Waals surface area contributed by atoms with Crippen LogP contribution in [0, 0.1) is 11.6 Å². The maximum absolute atomic E-state index is 13.8. The highest BCUT2D eigenvalue weighted by Crippen LogP contribution is 2.26. The number of benzene rings is 1. The molecule has 144 valence electrons. The number of carbonyl (C=O) groups is 2. The summed E-state index contributed by atoms with van der Waals surface area (Å²) in [5, 5.41) is 1.96. The molecule has 0 radical (unpaired) electrons. The number of halogens is 5. The van der Waals surface area contributed by atoms with Crippen molar-refractivity contribution in [2.75, 3.05) is 12.4 Å². The molecule has 11 heteroatoms. The Bertz CT molecular complexity index is 953. The zero-order valence-electron chi connectivity index (χ0n) is 13.6. The van der Waals surface area contributed by atoms with Gasteiger partial charge < -0.3 is 14.6 Å². The highest BCUT2D eigenvalue weighted by atomic mass is 19.4. The monoisotopic (exact) mass is 390 g/mol. The normalized spacial score (nSPS) is 11.2. The van der Waals surface area contributed by atoms with Gasteiger partial charge >= 0.3 is 12.1 Å². The molecular weight excluding hydrogens is 379 g/mol. The van der Waals surface area contributed by atoms with Crippen LogP contribution < -0.4 is 10.9 Å². The van der Waals surface area contributed by atoms with E-state index in [0.29, 0.717) is 22.8 Å². The maximum atomic E-state index is 13.8. The molecule has 0 fully saturated rings. The van der Waals surface area contributed by atoms with Gasteiger partial charge in [-0.25, -0.2) is 13.6 Å². The minimum Gasteiger partial charge on any atom is -0.465 e. The van der Waals surface area contributed by atoms with Crippen LogP contribution in [0.3, 0.4) is 0 Å². The number of nitrogens with zero attached hydrogens (tertiary/aromatic N) is 1. The summed E-state index contributed by atoms with van der Waals surface area (Å²) in [5.41, 5.74) is -4.21. The number of alkyl halides is 3. The summed E-state index contributed by atoms with van der Waals surface area (Å²) in [5.74, 6) is -4.66. The number of hydrogen-bond acceptors (Lipinski definition) is 4. The number of ether oxygens (including phenoxy) is 1. The summed E-state index contributed by atoms with van der Waals surface area (Å²) in [6.45, 7) is -0.868. The van der Waals surface area contributed by atoms with Crippen LogP contribution in [-0.2, 0) is 22.3 Å². The van der Waals surface area contributed by atoms with Crippen LogP contribution in [0.4, 0.5) is 27.6 Å². The van der Waals surface area contributed by atoms with Crippen LogP contribution in [0.2, 0.25) is 0 Å². The maximum Gasteiger partial charge on any atom is 0.421 e. The number of amides is 1. The van der Waals surface area contributed by atoms with E-state index in [-0.39, 0.29) is 0 Å². The second-order valence-electron chi connectivity index (χ2n) is 5.20. The molecule has 0 saturated heterocycles. The van der Waals surface area contributed by atoms with Crippen molar-refractivity contribution in [3.8, 4) is 0 Å². The summed E-state index contributed by atoms with van der Waals surface area (Å²) in [6, 6.07) is 2.48. The summed E-state index contributed by atoms with van der Waals surface area (Å²) in [7, 11) is 0.962. The lowest BCUT2D eigenvalue weighted by Crippen LogP contribution is -2.32. The molecule has 0 bridgehead atoms. The van der Waals surface area contributed by atoms with E-state index in [4.69, 9.17) is 0 Å². The Morgan fingerprint density at radius 3 is 2.44 bits per heavy atom. The molecule has 2 rings (SSSR count). The van der Waals surface area contributed by atoms with Gasteiger partial charge in [-0.15, -0.1) is 0 Å². The Labute approximate surface area is 148 Å². The molecular formula is C16H11F5N2O4. The zero-order valence-corrected chi connectivity index (χ0v) is 13.6. The average molecular weight is 390 g/mol. The number of anilines is 1. The lowest BCUT2D eigenvalue weighted by atomic mass is 10.1. The van der Waals surface area contributed by atoms with Gasteiger partial charge in [-0.2, -0.15) is 13.2 Å². The lowest BCUT2D eigenvalue weighted by molar-refractivity contribution is -0.139. The Morgan fingerprint density at radius 1 is 1.19 bits per heavy atom. The van der Waals surface area contributed by atoms with E-state index in [1.807, 2.05) is 5.32 Å². The second kappa shape index (κ2) is 7.56. The highest BCUT2D eigenvalue weighted by Gasteiger charge is 2.34. The summed E-state index contributed by atoms with van der Waals surface area (Å²) >= 11 is 0. The van der Waals surface area contributed by atoms with Gasteiger partial charge in [0.1, 0.15) is 23.7 Å². The molecule has 0 atom stereocenters. The standard InChI is InChI=1S/C16H11F5N2O4/c1-27-15(26)8-5-12(11(18)6-10(8)17)22-13(24)7-23-4-2-3-9(14(23)25)16(19,20)21/h2-6H,7H2,1H3,(H,22,24). The minimum absolute atomic E-state index is 0.332. The predicted molar refractivity (Wildman–Crippen MR) is 82.0 cm³/mol. The fourth-order valence-corrected chi connectivity index (χ4v) is 2.13. The third-order valence-electron chi connectivity index (χ3n) is 3.38. The number of carbonyl (C=O) groups excluding carboxylic acids is 2. The van der Waals surface area contributed by atoms with Gasteiger partial charge in [0.2, 0.25) is 5.91 Å². The molecule has 1 N–H and O–H groups in total. The van der Waals surface area contributed by atoms with Crippen molar-refractivity contribution < 1.29 is 36.3 Å². The zero-order chi connectivity index (χ0) is 20.4. The van der Waals surface area contributed by atoms with Gasteiger partial charge in [-0.3, -0.25) is 9.59 Å². The Kier molecular flexibility index (Phi) is 5.62. The fourth-order valence-electron chi connectivity index (χ4n) is 2.13. The molecule has 2 aromatic rings. The van der Waals surface area contributed by atoms with E-state index in [0.717, 1.165) is 19.4 Å². The Hall–Kier alpha value is -3.24. The summed E-state index contributed by atoms with van der Waals surface area (Å²) < 4.78 is 70.3. The first kappa shape index (κ1) is 20.1. The largest absolute Gasteiger partial charge is 0.465 e. The van der Waals surface area contributed by atoms with E-state index in [1.54, 1.807) is 0 Å². The number of hydrogen-bond donors (Lipinski definition) is 1. The second-order valence-corrected chi connectivity index (χ2v) is 5.20. The van der Waals surface area contributed by atoms with Crippen molar-refractivity contribution in [3.05, 3.63) is 63.6 Å². The Balaban J connectivity index is 2.27. The van der Waals surface area contributed by atoms with Crippen LogP contribution in [0.25, 0.3) is 0 Å². The quantitative estimate of drug-likeness (QED) is 0.643. The molecule has 1 aromatic heterocycles. The number of aromatic nitrogens is 1. The number of methoxy groups -OCH3 is 1. The van der Waals surface area contributed by atoms with Crippen molar-refractivity contribution in [1.82, 2.24) is 4.57 Å².